The van der Waals surface area contributed by atoms with Crippen molar-refractivity contribution in [2.24, 2.45) is 11.7 Å². The predicted octanol–water partition coefficient (Wildman–Crippen LogP) is 4.92. The fraction of sp³-hybridized carbons (Fsp3) is 0.433. The van der Waals surface area contributed by atoms with Gasteiger partial charge in [0, 0.05) is 38.1 Å². The van der Waals surface area contributed by atoms with E-state index in [9.17, 15) is 9.18 Å². The molecule has 1 aliphatic heterocycles. The Balaban J connectivity index is 1.40. The minimum atomic E-state index is -0.710. The van der Waals surface area contributed by atoms with E-state index < -0.39 is 17.5 Å². The van der Waals surface area contributed by atoms with Gasteiger partial charge in [-0.15, -0.1) is 9.24 Å². The number of pyridine rings is 2. The van der Waals surface area contributed by atoms with Crippen LogP contribution in [0.15, 0.2) is 42.7 Å². The number of ether oxygens (including phenoxy) is 2. The lowest BCUT2D eigenvalue weighted by atomic mass is 9.74. The second-order valence-corrected chi connectivity index (χ2v) is 11.4. The summed E-state index contributed by atoms with van der Waals surface area (Å²) in [4.78, 5) is 21.8. The van der Waals surface area contributed by atoms with Gasteiger partial charge in [-0.05, 0) is 84.1 Å². The molecule has 5 unspecified atom stereocenters. The average Bonchev–Trinajstić information content (AvgIpc) is 2.94. The van der Waals surface area contributed by atoms with Crippen molar-refractivity contribution >= 4 is 26.1 Å². The second-order valence-electron chi connectivity index (χ2n) is 10.8. The summed E-state index contributed by atoms with van der Waals surface area (Å²) in [6.07, 6.45) is 6.41. The minimum absolute atomic E-state index is 0.0212. The van der Waals surface area contributed by atoms with Crippen LogP contribution in [-0.2, 0) is 9.47 Å². The molecule has 212 valence electrons. The summed E-state index contributed by atoms with van der Waals surface area (Å²) >= 11 is 0. The number of amides is 1. The number of halogens is 2. The lowest BCUT2D eigenvalue weighted by molar-refractivity contribution is 0.00983. The number of rotatable bonds is 6. The summed E-state index contributed by atoms with van der Waals surface area (Å²) in [6, 6.07) is 7.47. The Bertz CT molecular complexity index is 1350. The molecule has 5 rings (SSSR count). The van der Waals surface area contributed by atoms with E-state index in [4.69, 9.17) is 15.2 Å². The Hall–Kier alpha value is -2.84. The van der Waals surface area contributed by atoms with E-state index in [-0.39, 0.29) is 46.9 Å². The Morgan fingerprint density at radius 2 is 1.90 bits per heavy atom. The predicted molar refractivity (Wildman–Crippen MR) is 154 cm³/mol. The van der Waals surface area contributed by atoms with Crippen LogP contribution in [0.3, 0.4) is 0 Å². The molecule has 7 nitrogen and oxygen atoms in total. The van der Waals surface area contributed by atoms with Gasteiger partial charge < -0.3 is 20.5 Å². The van der Waals surface area contributed by atoms with Gasteiger partial charge in [-0.1, -0.05) is 13.0 Å². The fourth-order valence-electron chi connectivity index (χ4n) is 6.19. The highest BCUT2D eigenvalue weighted by Crippen LogP contribution is 2.39. The molecular formula is C30H35F2N4O3P. The molecule has 1 saturated carbocycles. The van der Waals surface area contributed by atoms with Gasteiger partial charge in [0.1, 0.15) is 23.0 Å². The molecule has 3 aromatic rings. The highest BCUT2D eigenvalue weighted by atomic mass is 31.0. The van der Waals surface area contributed by atoms with Crippen molar-refractivity contribution in [3.8, 4) is 11.3 Å². The van der Waals surface area contributed by atoms with E-state index in [0.29, 0.717) is 30.6 Å². The van der Waals surface area contributed by atoms with Crippen LogP contribution in [0.5, 0.6) is 0 Å². The fourth-order valence-corrected chi connectivity index (χ4v) is 6.65. The SMILES string of the molecule is COC1C(C)CC(c2ccncc2NC(=O)c2ccc(F)c(-c3c(F)cc(C4CCOCC4)cc3P)n2)CC1N. The number of nitrogens with zero attached hydrogens (tertiary/aromatic N) is 2. The van der Waals surface area contributed by atoms with E-state index >= 15 is 4.39 Å². The largest absolute Gasteiger partial charge is 0.381 e. The maximum Gasteiger partial charge on any atom is 0.274 e. The topological polar surface area (TPSA) is 99.4 Å². The van der Waals surface area contributed by atoms with E-state index in [2.05, 4.69) is 31.4 Å². The van der Waals surface area contributed by atoms with Crippen LogP contribution in [-0.4, -0.2) is 48.3 Å². The number of aromatic nitrogens is 2. The molecule has 2 aromatic heterocycles. The molecule has 10 heteroatoms. The number of methoxy groups -OCH3 is 1. The zero-order valence-corrected chi connectivity index (χ0v) is 23.9. The zero-order chi connectivity index (χ0) is 28.4. The van der Waals surface area contributed by atoms with Gasteiger partial charge in [0.15, 0.2) is 0 Å². The standard InChI is InChI=1S/C30H35F2N4O3P/c1-16-11-19(13-23(33)29(16)38-2)20-5-8-34-15-25(20)36-30(37)24-4-3-21(31)28(35-24)27-22(32)12-18(14-26(27)40)17-6-9-39-10-7-17/h3-5,8,12,14-17,19,23,29H,6-7,9-11,13,33,40H2,1-2H3,(H,36,37). The first kappa shape index (κ1) is 28.7. The molecule has 1 aliphatic carbocycles. The minimum Gasteiger partial charge on any atom is -0.381 e. The summed E-state index contributed by atoms with van der Waals surface area (Å²) in [5.74, 6) is -1.30. The van der Waals surface area contributed by atoms with Gasteiger partial charge in [0.2, 0.25) is 0 Å². The highest BCUT2D eigenvalue weighted by Gasteiger charge is 2.35. The molecule has 5 atom stereocenters. The molecule has 0 spiro atoms. The van der Waals surface area contributed by atoms with Crippen molar-refractivity contribution in [1.29, 1.82) is 0 Å². The van der Waals surface area contributed by atoms with Crippen LogP contribution in [0.25, 0.3) is 11.3 Å². The zero-order valence-electron chi connectivity index (χ0n) is 22.7. The Morgan fingerprint density at radius 3 is 2.60 bits per heavy atom. The third-order valence-electron chi connectivity index (χ3n) is 8.16. The van der Waals surface area contributed by atoms with Crippen molar-refractivity contribution in [3.63, 3.8) is 0 Å². The maximum absolute atomic E-state index is 15.4. The third-order valence-corrected chi connectivity index (χ3v) is 8.62. The van der Waals surface area contributed by atoms with Crippen LogP contribution in [0.2, 0.25) is 0 Å². The summed E-state index contributed by atoms with van der Waals surface area (Å²) < 4.78 is 41.4. The number of anilines is 1. The molecule has 1 aromatic carbocycles. The van der Waals surface area contributed by atoms with Crippen molar-refractivity contribution in [2.45, 2.75) is 56.6 Å². The van der Waals surface area contributed by atoms with E-state index in [0.717, 1.165) is 36.5 Å². The van der Waals surface area contributed by atoms with Crippen LogP contribution >= 0.6 is 9.24 Å². The van der Waals surface area contributed by atoms with Crippen molar-refractivity contribution in [1.82, 2.24) is 9.97 Å². The van der Waals surface area contributed by atoms with Gasteiger partial charge in [-0.3, -0.25) is 9.78 Å². The number of hydrogen-bond acceptors (Lipinski definition) is 6. The van der Waals surface area contributed by atoms with Crippen molar-refractivity contribution in [2.75, 3.05) is 25.6 Å². The first-order chi connectivity index (χ1) is 19.3. The Labute approximate surface area is 235 Å². The van der Waals surface area contributed by atoms with E-state index in [1.54, 1.807) is 19.5 Å². The van der Waals surface area contributed by atoms with Gasteiger partial charge in [-0.2, -0.15) is 0 Å². The Morgan fingerprint density at radius 1 is 1.12 bits per heavy atom. The number of carbonyl (C=O) groups is 1. The lowest BCUT2D eigenvalue weighted by Crippen LogP contribution is -2.45. The smallest absolute Gasteiger partial charge is 0.274 e. The first-order valence-electron chi connectivity index (χ1n) is 13.6. The van der Waals surface area contributed by atoms with Crippen LogP contribution in [0, 0.1) is 17.6 Å². The Kier molecular flexibility index (Phi) is 8.86. The second kappa shape index (κ2) is 12.4. The van der Waals surface area contributed by atoms with Crippen LogP contribution in [0.1, 0.15) is 66.1 Å². The third kappa shape index (κ3) is 5.93. The summed E-state index contributed by atoms with van der Waals surface area (Å²) in [6.45, 7) is 3.37. The van der Waals surface area contributed by atoms with Gasteiger partial charge >= 0.3 is 0 Å². The molecule has 0 bridgehead atoms. The summed E-state index contributed by atoms with van der Waals surface area (Å²) in [5.41, 5.74) is 8.49. The molecular weight excluding hydrogens is 533 g/mol. The quantitative estimate of drug-likeness (QED) is 0.410. The van der Waals surface area contributed by atoms with Crippen LogP contribution < -0.4 is 16.4 Å². The van der Waals surface area contributed by atoms with Gasteiger partial charge in [0.25, 0.3) is 5.91 Å². The monoisotopic (exact) mass is 568 g/mol. The molecule has 0 radical (unpaired) electrons. The number of nitrogens with two attached hydrogens (primary N) is 1. The normalized spacial score (nSPS) is 23.6. The molecule has 3 N–H and O–H groups in total. The molecule has 3 heterocycles. The van der Waals surface area contributed by atoms with Gasteiger partial charge in [0.05, 0.1) is 18.0 Å². The first-order valence-corrected chi connectivity index (χ1v) is 14.2. The lowest BCUT2D eigenvalue weighted by Gasteiger charge is -2.38. The van der Waals surface area contributed by atoms with Gasteiger partial charge in [-0.25, -0.2) is 13.8 Å². The number of carbonyl (C=O) groups excluding carboxylic acids is 1. The molecule has 1 saturated heterocycles. The molecule has 2 aliphatic rings. The summed E-state index contributed by atoms with van der Waals surface area (Å²) in [5, 5.41) is 3.37. The van der Waals surface area contributed by atoms with Crippen molar-refractivity contribution < 1.29 is 23.0 Å². The average molecular weight is 569 g/mol. The maximum atomic E-state index is 15.4. The van der Waals surface area contributed by atoms with Crippen molar-refractivity contribution in [3.05, 3.63) is 71.2 Å². The molecule has 40 heavy (non-hydrogen) atoms. The number of nitrogens with one attached hydrogen (secondary N) is 1. The molecule has 2 fully saturated rings. The van der Waals surface area contributed by atoms with E-state index in [1.807, 2.05) is 12.1 Å². The van der Waals surface area contributed by atoms with Crippen LogP contribution in [0.4, 0.5) is 14.5 Å². The number of hydrogen-bond donors (Lipinski definition) is 2. The number of benzene rings is 1. The van der Waals surface area contributed by atoms with E-state index in [1.165, 1.54) is 12.1 Å². The summed E-state index contributed by atoms with van der Waals surface area (Å²) in [7, 11) is 4.16. The highest BCUT2D eigenvalue weighted by molar-refractivity contribution is 7.28. The molecule has 1 amide bonds.